The summed E-state index contributed by atoms with van der Waals surface area (Å²) in [6, 6.07) is 14.9. The van der Waals surface area contributed by atoms with E-state index >= 15 is 0 Å². The van der Waals surface area contributed by atoms with Gasteiger partial charge in [-0.25, -0.2) is 0 Å². The Hall–Kier alpha value is -2.04. The summed E-state index contributed by atoms with van der Waals surface area (Å²) in [4.78, 5) is 0. The highest BCUT2D eigenvalue weighted by molar-refractivity contribution is 5.28. The van der Waals surface area contributed by atoms with Crippen molar-refractivity contribution in [2.24, 2.45) is 0 Å². The smallest absolute Gasteiger partial charge is 0.118 e. The van der Waals surface area contributed by atoms with Gasteiger partial charge in [0.15, 0.2) is 0 Å². The van der Waals surface area contributed by atoms with Crippen LogP contribution in [0.2, 0.25) is 0 Å². The summed E-state index contributed by atoms with van der Waals surface area (Å²) >= 11 is 0. The number of aromatic hydroxyl groups is 1. The number of rotatable bonds is 7. The molecule has 0 aromatic heterocycles. The average Bonchev–Trinajstić information content (AvgIpc) is 2.54. The molecular formula is C18H23NO3. The van der Waals surface area contributed by atoms with Crippen LogP contribution in [-0.2, 0) is 6.42 Å². The fraction of sp³-hybridized carbons (Fsp3) is 0.333. The highest BCUT2D eigenvalue weighted by atomic mass is 16.5. The van der Waals surface area contributed by atoms with E-state index in [9.17, 15) is 10.2 Å². The van der Waals surface area contributed by atoms with E-state index in [1.807, 2.05) is 24.3 Å². The number of benzene rings is 2. The van der Waals surface area contributed by atoms with Crippen LogP contribution in [0.25, 0.3) is 0 Å². The number of hydrogen-bond acceptors (Lipinski definition) is 4. The lowest BCUT2D eigenvalue weighted by atomic mass is 10.1. The van der Waals surface area contributed by atoms with Crippen LogP contribution in [0.3, 0.4) is 0 Å². The van der Waals surface area contributed by atoms with E-state index in [0.717, 1.165) is 17.7 Å². The molecular weight excluding hydrogens is 278 g/mol. The first-order chi connectivity index (χ1) is 10.6. The summed E-state index contributed by atoms with van der Waals surface area (Å²) in [5, 5.41) is 22.7. The second-order valence-electron chi connectivity index (χ2n) is 5.47. The lowest BCUT2D eigenvalue weighted by Gasteiger charge is -2.17. The summed E-state index contributed by atoms with van der Waals surface area (Å²) in [6.45, 7) is 2.57. The molecule has 0 aliphatic heterocycles. The molecule has 0 aliphatic rings. The van der Waals surface area contributed by atoms with Gasteiger partial charge in [-0.15, -0.1) is 0 Å². The molecule has 0 heterocycles. The molecule has 0 radical (unpaired) electrons. The van der Waals surface area contributed by atoms with Crippen LogP contribution in [-0.4, -0.2) is 29.9 Å². The van der Waals surface area contributed by atoms with Gasteiger partial charge in [-0.05, 0) is 48.7 Å². The fourth-order valence-corrected chi connectivity index (χ4v) is 2.31. The van der Waals surface area contributed by atoms with Gasteiger partial charge >= 0.3 is 0 Å². The third kappa shape index (κ3) is 4.76. The number of hydrogen-bond donors (Lipinski definition) is 3. The van der Waals surface area contributed by atoms with Gasteiger partial charge in [0.25, 0.3) is 0 Å². The lowest BCUT2D eigenvalue weighted by Crippen LogP contribution is -2.32. The monoisotopic (exact) mass is 301 g/mol. The Balaban J connectivity index is 1.81. The van der Waals surface area contributed by atoms with Crippen molar-refractivity contribution < 1.29 is 14.9 Å². The Morgan fingerprint density at radius 1 is 1.05 bits per heavy atom. The number of methoxy groups -OCH3 is 1. The maximum atomic E-state index is 10.1. The van der Waals surface area contributed by atoms with Gasteiger partial charge in [-0.3, -0.25) is 0 Å². The van der Waals surface area contributed by atoms with Gasteiger partial charge in [-0.1, -0.05) is 24.3 Å². The summed E-state index contributed by atoms with van der Waals surface area (Å²) in [5.41, 5.74) is 2.02. The number of nitrogens with one attached hydrogen (secondary N) is 1. The van der Waals surface area contributed by atoms with E-state index in [0.29, 0.717) is 6.54 Å². The Kier molecular flexibility index (Phi) is 5.81. The number of aliphatic hydroxyl groups is 1. The van der Waals surface area contributed by atoms with E-state index in [2.05, 4.69) is 12.2 Å². The molecule has 2 aromatic carbocycles. The maximum Gasteiger partial charge on any atom is 0.118 e. The first-order valence-electron chi connectivity index (χ1n) is 7.42. The zero-order valence-corrected chi connectivity index (χ0v) is 13.0. The van der Waals surface area contributed by atoms with Crippen LogP contribution in [0, 0.1) is 0 Å². The molecule has 118 valence electrons. The molecule has 0 bridgehead atoms. The standard InChI is InChI=1S/C18H23NO3/c1-13(11-14-3-9-17(22-2)10-4-14)19-12-18(21)15-5-7-16(20)8-6-15/h3-10,13,18-21H,11-12H2,1-2H3. The summed E-state index contributed by atoms with van der Waals surface area (Å²) in [5.74, 6) is 1.06. The number of ether oxygens (including phenoxy) is 1. The zero-order chi connectivity index (χ0) is 15.9. The summed E-state index contributed by atoms with van der Waals surface area (Å²) < 4.78 is 5.14. The van der Waals surface area contributed by atoms with Gasteiger partial charge in [0.1, 0.15) is 11.5 Å². The molecule has 4 nitrogen and oxygen atoms in total. The van der Waals surface area contributed by atoms with Crippen LogP contribution >= 0.6 is 0 Å². The van der Waals surface area contributed by atoms with Crippen molar-refractivity contribution in [3.8, 4) is 11.5 Å². The van der Waals surface area contributed by atoms with E-state index in [1.54, 1.807) is 31.4 Å². The lowest BCUT2D eigenvalue weighted by molar-refractivity contribution is 0.170. The van der Waals surface area contributed by atoms with Crippen molar-refractivity contribution in [1.82, 2.24) is 5.32 Å². The molecule has 0 fully saturated rings. The topological polar surface area (TPSA) is 61.7 Å². The third-order valence-electron chi connectivity index (χ3n) is 3.64. The molecule has 0 aliphatic carbocycles. The van der Waals surface area contributed by atoms with Crippen LogP contribution in [0.4, 0.5) is 0 Å². The van der Waals surface area contributed by atoms with E-state index in [-0.39, 0.29) is 11.8 Å². The van der Waals surface area contributed by atoms with Gasteiger partial charge in [0.2, 0.25) is 0 Å². The molecule has 0 saturated carbocycles. The van der Waals surface area contributed by atoms with Gasteiger partial charge in [0, 0.05) is 12.6 Å². The first kappa shape index (κ1) is 16.3. The number of phenolic OH excluding ortho intramolecular Hbond substituents is 1. The van der Waals surface area contributed by atoms with Crippen molar-refractivity contribution in [3.63, 3.8) is 0 Å². The minimum absolute atomic E-state index is 0.205. The fourth-order valence-electron chi connectivity index (χ4n) is 2.31. The minimum Gasteiger partial charge on any atom is -0.508 e. The van der Waals surface area contributed by atoms with Crippen LogP contribution in [0.1, 0.15) is 24.2 Å². The molecule has 0 spiro atoms. The molecule has 2 atom stereocenters. The maximum absolute atomic E-state index is 10.1. The Labute approximate surface area is 131 Å². The van der Waals surface area contributed by atoms with Gasteiger partial charge in [-0.2, -0.15) is 0 Å². The molecule has 0 saturated heterocycles. The van der Waals surface area contributed by atoms with Gasteiger partial charge in [0.05, 0.1) is 13.2 Å². The highest BCUT2D eigenvalue weighted by Gasteiger charge is 2.10. The quantitative estimate of drug-likeness (QED) is 0.736. The highest BCUT2D eigenvalue weighted by Crippen LogP contribution is 2.17. The summed E-state index contributed by atoms with van der Waals surface area (Å²) in [7, 11) is 1.66. The Bertz CT molecular complexity index is 566. The number of phenols is 1. The second kappa shape index (κ2) is 7.82. The Morgan fingerprint density at radius 3 is 2.27 bits per heavy atom. The van der Waals surface area contributed by atoms with Crippen LogP contribution < -0.4 is 10.1 Å². The molecule has 2 aromatic rings. The van der Waals surface area contributed by atoms with Crippen LogP contribution in [0.15, 0.2) is 48.5 Å². The molecule has 0 amide bonds. The zero-order valence-electron chi connectivity index (χ0n) is 13.0. The normalized spacial score (nSPS) is 13.6. The van der Waals surface area contributed by atoms with E-state index in [4.69, 9.17) is 4.74 Å². The predicted octanol–water partition coefficient (Wildman–Crippen LogP) is 2.66. The van der Waals surface area contributed by atoms with Gasteiger partial charge < -0.3 is 20.3 Å². The minimum atomic E-state index is -0.584. The second-order valence-corrected chi connectivity index (χ2v) is 5.47. The SMILES string of the molecule is COc1ccc(CC(C)NCC(O)c2ccc(O)cc2)cc1. The van der Waals surface area contributed by atoms with E-state index < -0.39 is 6.10 Å². The first-order valence-corrected chi connectivity index (χ1v) is 7.42. The predicted molar refractivity (Wildman–Crippen MR) is 87.2 cm³/mol. The molecule has 4 heteroatoms. The average molecular weight is 301 g/mol. The van der Waals surface area contributed by atoms with Crippen LogP contribution in [0.5, 0.6) is 11.5 Å². The van der Waals surface area contributed by atoms with E-state index in [1.165, 1.54) is 5.56 Å². The Morgan fingerprint density at radius 2 is 1.68 bits per heavy atom. The molecule has 2 unspecified atom stereocenters. The largest absolute Gasteiger partial charge is 0.508 e. The van der Waals surface area contributed by atoms with Crippen molar-refractivity contribution in [2.75, 3.05) is 13.7 Å². The molecule has 22 heavy (non-hydrogen) atoms. The molecule has 3 N–H and O–H groups in total. The van der Waals surface area contributed by atoms with Crippen molar-refractivity contribution in [3.05, 3.63) is 59.7 Å². The van der Waals surface area contributed by atoms with Crippen molar-refractivity contribution in [2.45, 2.75) is 25.5 Å². The number of aliphatic hydroxyl groups excluding tert-OH is 1. The van der Waals surface area contributed by atoms with Crippen molar-refractivity contribution >= 4 is 0 Å². The summed E-state index contributed by atoms with van der Waals surface area (Å²) in [6.07, 6.45) is 0.297. The van der Waals surface area contributed by atoms with Crippen molar-refractivity contribution in [1.29, 1.82) is 0 Å². The molecule has 2 rings (SSSR count). The third-order valence-corrected chi connectivity index (χ3v) is 3.64.